The van der Waals surface area contributed by atoms with E-state index in [0.29, 0.717) is 0 Å². The Bertz CT molecular complexity index is 1010. The van der Waals surface area contributed by atoms with Crippen LogP contribution in [-0.2, 0) is 23.9 Å². The van der Waals surface area contributed by atoms with Crippen LogP contribution in [0, 0.1) is 10.1 Å². The molecule has 18 heteroatoms. The molecule has 1 aliphatic heterocycles. The number of hydrogen-bond acceptors (Lipinski definition) is 8. The third kappa shape index (κ3) is 7.09. The lowest BCUT2D eigenvalue weighted by Crippen LogP contribution is -2.41. The summed E-state index contributed by atoms with van der Waals surface area (Å²) in [5.74, 6) is -3.90. The van der Waals surface area contributed by atoms with E-state index in [1.165, 1.54) is 0 Å². The number of esters is 2. The molecule has 0 aromatic heterocycles. The summed E-state index contributed by atoms with van der Waals surface area (Å²) in [6.45, 7) is -2.77. The van der Waals surface area contributed by atoms with Crippen LogP contribution in [-0.4, -0.2) is 49.1 Å². The van der Waals surface area contributed by atoms with Gasteiger partial charge < -0.3 is 19.0 Å². The fraction of sp³-hybridized carbons (Fsp3) is 0.333. The maximum absolute atomic E-state index is 13.3. The molecular weight excluding hydrogens is 506 g/mol. The van der Waals surface area contributed by atoms with Crippen molar-refractivity contribution < 1.29 is 66.3 Å². The third-order valence-corrected chi connectivity index (χ3v) is 4.81. The Labute approximate surface area is 177 Å². The summed E-state index contributed by atoms with van der Waals surface area (Å²) in [7, 11) is -10.2. The van der Waals surface area contributed by atoms with Gasteiger partial charge in [0.1, 0.15) is 23.9 Å². The summed E-state index contributed by atoms with van der Waals surface area (Å²) in [4.78, 5) is 34.3. The van der Waals surface area contributed by atoms with Gasteiger partial charge >= 0.3 is 28.3 Å². The van der Waals surface area contributed by atoms with Crippen molar-refractivity contribution >= 4 is 28.2 Å². The minimum Gasteiger partial charge on any atom is -0.475 e. The molecule has 0 amide bonds. The average molecular weight is 517 g/mol. The molecule has 1 atom stereocenters. The standard InChI is InChI=1S/C15H11F8NO8S/c16-15(17,18)13-10(14(26)30-4-3-29-12(25)7-31-24(27)28)6-8-5-9(1-2-11(8)32-13)33(19,20,21,22)23/h1-2,5-6,13H,3-4,7H2/t13-/m0/s1. The van der Waals surface area contributed by atoms with E-state index in [2.05, 4.69) is 19.0 Å². The minimum absolute atomic E-state index is 0.151. The van der Waals surface area contributed by atoms with Gasteiger partial charge in [0.2, 0.25) is 6.10 Å². The molecule has 33 heavy (non-hydrogen) atoms. The van der Waals surface area contributed by atoms with E-state index in [-0.39, 0.29) is 24.3 Å². The fourth-order valence-corrected chi connectivity index (χ4v) is 3.02. The number of alkyl halides is 3. The number of ether oxygens (including phenoxy) is 3. The Balaban J connectivity index is 2.21. The molecule has 0 aliphatic carbocycles. The molecule has 1 aliphatic rings. The normalized spacial score (nSPS) is 17.9. The smallest absolute Gasteiger partial charge is 0.430 e. The van der Waals surface area contributed by atoms with Crippen LogP contribution >= 0.6 is 10.2 Å². The highest BCUT2D eigenvalue weighted by atomic mass is 32.5. The van der Waals surface area contributed by atoms with Gasteiger partial charge in [-0.1, -0.05) is 19.4 Å². The third-order valence-electron chi connectivity index (χ3n) is 3.67. The molecule has 0 spiro atoms. The number of nitrogens with zero attached hydrogens (tertiary/aromatic N) is 1. The summed E-state index contributed by atoms with van der Waals surface area (Å²) in [5, 5.41) is 8.59. The summed E-state index contributed by atoms with van der Waals surface area (Å²) in [6.07, 6.45) is -8.00. The molecule has 1 heterocycles. The first-order valence-corrected chi connectivity index (χ1v) is 10.2. The van der Waals surface area contributed by atoms with Gasteiger partial charge in [0.15, 0.2) is 6.61 Å². The Hall–Kier alpha value is -3.31. The van der Waals surface area contributed by atoms with Crippen LogP contribution in [0.1, 0.15) is 5.56 Å². The summed E-state index contributed by atoms with van der Waals surface area (Å²) < 4.78 is 118. The predicted octanol–water partition coefficient (Wildman–Crippen LogP) is 4.35. The van der Waals surface area contributed by atoms with E-state index in [0.717, 1.165) is 0 Å². The highest BCUT2D eigenvalue weighted by Gasteiger charge is 2.65. The van der Waals surface area contributed by atoms with Crippen molar-refractivity contribution in [2.24, 2.45) is 0 Å². The minimum atomic E-state index is -10.2. The topological polar surface area (TPSA) is 114 Å². The van der Waals surface area contributed by atoms with Gasteiger partial charge in [0.25, 0.3) is 5.09 Å². The van der Waals surface area contributed by atoms with Gasteiger partial charge in [-0.05, 0) is 24.3 Å². The van der Waals surface area contributed by atoms with E-state index in [4.69, 9.17) is 0 Å². The molecule has 0 saturated heterocycles. The zero-order chi connectivity index (χ0) is 25.3. The second-order valence-corrected chi connectivity index (χ2v) is 8.57. The SMILES string of the molecule is O=C(CO[N+](=O)[O-])OCCOC(=O)C1=Cc2cc(S(F)(F)(F)(F)F)ccc2O[C@@H]1C(F)(F)F. The number of rotatable bonds is 8. The summed E-state index contributed by atoms with van der Waals surface area (Å²) in [5.41, 5.74) is -2.26. The van der Waals surface area contributed by atoms with E-state index in [9.17, 15) is 52.3 Å². The van der Waals surface area contributed by atoms with Gasteiger partial charge in [0, 0.05) is 5.56 Å². The van der Waals surface area contributed by atoms with Gasteiger partial charge in [-0.3, -0.25) is 0 Å². The predicted molar refractivity (Wildman–Crippen MR) is 91.2 cm³/mol. The second-order valence-electron chi connectivity index (χ2n) is 6.16. The molecule has 1 aromatic rings. The average Bonchev–Trinajstić information content (AvgIpc) is 2.65. The largest absolute Gasteiger partial charge is 0.475 e. The maximum Gasteiger partial charge on any atom is 0.430 e. The van der Waals surface area contributed by atoms with Crippen molar-refractivity contribution in [3.8, 4) is 5.75 Å². The monoisotopic (exact) mass is 517 g/mol. The highest BCUT2D eigenvalue weighted by Crippen LogP contribution is 3.02. The van der Waals surface area contributed by atoms with Crippen molar-refractivity contribution in [3.63, 3.8) is 0 Å². The van der Waals surface area contributed by atoms with Crippen LogP contribution in [0.15, 0.2) is 28.7 Å². The molecule has 0 saturated carbocycles. The molecule has 0 unspecified atom stereocenters. The first kappa shape index (κ1) is 25.9. The lowest BCUT2D eigenvalue weighted by atomic mass is 10.0. The van der Waals surface area contributed by atoms with Crippen molar-refractivity contribution in [3.05, 3.63) is 39.4 Å². The molecule has 0 radical (unpaired) electrons. The Kier molecular flexibility index (Phi) is 6.23. The van der Waals surface area contributed by atoms with Crippen LogP contribution in [0.2, 0.25) is 0 Å². The molecule has 186 valence electrons. The Morgan fingerprint density at radius 2 is 1.70 bits per heavy atom. The quantitative estimate of drug-likeness (QED) is 0.165. The van der Waals surface area contributed by atoms with Crippen molar-refractivity contribution in [2.75, 3.05) is 19.8 Å². The molecule has 9 nitrogen and oxygen atoms in total. The number of carbonyl (C=O) groups is 2. The molecule has 2 rings (SSSR count). The zero-order valence-electron chi connectivity index (χ0n) is 15.7. The lowest BCUT2D eigenvalue weighted by molar-refractivity contribution is -0.754. The fourth-order valence-electron chi connectivity index (χ4n) is 2.35. The van der Waals surface area contributed by atoms with Gasteiger partial charge in [0.05, 0.1) is 5.57 Å². The molecule has 1 aromatic carbocycles. The Morgan fingerprint density at radius 1 is 1.09 bits per heavy atom. The van der Waals surface area contributed by atoms with E-state index >= 15 is 0 Å². The number of hydrogen-bond donors (Lipinski definition) is 0. The molecular formula is C15H11F8NO8S. The summed E-state index contributed by atoms with van der Waals surface area (Å²) in [6, 6.07) is -0.0673. The van der Waals surface area contributed by atoms with Crippen molar-refractivity contribution in [2.45, 2.75) is 17.2 Å². The number of fused-ring (bicyclic) bond motifs is 1. The molecule has 0 bridgehead atoms. The Morgan fingerprint density at radius 3 is 2.24 bits per heavy atom. The van der Waals surface area contributed by atoms with Gasteiger partial charge in [-0.15, -0.1) is 10.1 Å². The lowest BCUT2D eigenvalue weighted by Gasteiger charge is -2.41. The number of halogens is 8. The molecule has 0 N–H and O–H groups in total. The number of benzene rings is 1. The van der Waals surface area contributed by atoms with Crippen LogP contribution in [0.4, 0.5) is 32.6 Å². The van der Waals surface area contributed by atoms with Crippen LogP contribution in [0.25, 0.3) is 6.08 Å². The van der Waals surface area contributed by atoms with Crippen LogP contribution < -0.4 is 4.74 Å². The first-order chi connectivity index (χ1) is 14.8. The van der Waals surface area contributed by atoms with Crippen molar-refractivity contribution in [1.29, 1.82) is 0 Å². The highest BCUT2D eigenvalue weighted by molar-refractivity contribution is 8.45. The van der Waals surface area contributed by atoms with Gasteiger partial charge in [-0.2, -0.15) is 13.2 Å². The first-order valence-electron chi connectivity index (χ1n) is 8.21. The van der Waals surface area contributed by atoms with Crippen molar-refractivity contribution in [1.82, 2.24) is 0 Å². The van der Waals surface area contributed by atoms with Gasteiger partial charge in [-0.25, -0.2) is 9.59 Å². The number of carbonyl (C=O) groups excluding carboxylic acids is 2. The van der Waals surface area contributed by atoms with Crippen LogP contribution in [0.5, 0.6) is 5.75 Å². The zero-order valence-corrected chi connectivity index (χ0v) is 16.5. The maximum atomic E-state index is 13.3. The van der Waals surface area contributed by atoms with E-state index in [1.54, 1.807) is 0 Å². The van der Waals surface area contributed by atoms with E-state index in [1.807, 2.05) is 0 Å². The summed E-state index contributed by atoms with van der Waals surface area (Å²) >= 11 is 0. The van der Waals surface area contributed by atoms with E-state index < -0.39 is 81.1 Å². The molecule has 0 fully saturated rings. The second kappa shape index (κ2) is 7.92. The van der Waals surface area contributed by atoms with Crippen LogP contribution in [0.3, 0.4) is 0 Å².